The van der Waals surface area contributed by atoms with Crippen molar-refractivity contribution < 1.29 is 38.1 Å². The molecule has 0 unspecified atom stereocenters. The number of carbonyl (C=O) groups excluding carboxylic acids is 4. The molecule has 0 spiro atoms. The van der Waals surface area contributed by atoms with Crippen molar-refractivity contribution in [2.24, 2.45) is 0 Å². The van der Waals surface area contributed by atoms with Crippen LogP contribution >= 0.6 is 0 Å². The smallest absolute Gasteiger partial charge is 0.410 e. The first-order valence-corrected chi connectivity index (χ1v) is 14.0. The third-order valence-electron chi connectivity index (χ3n) is 6.17. The lowest BCUT2D eigenvalue weighted by Gasteiger charge is -2.41. The molecule has 2 atom stereocenters. The van der Waals surface area contributed by atoms with Gasteiger partial charge < -0.3 is 23.9 Å². The minimum atomic E-state index is -1.50. The molecule has 1 aliphatic heterocycles. The van der Waals surface area contributed by atoms with Gasteiger partial charge in [0.05, 0.1) is 6.04 Å². The highest BCUT2D eigenvalue weighted by Gasteiger charge is 2.46. The molecular formula is C31H44N2O8. The van der Waals surface area contributed by atoms with Gasteiger partial charge in [0.25, 0.3) is 0 Å². The van der Waals surface area contributed by atoms with E-state index in [-0.39, 0.29) is 5.69 Å². The van der Waals surface area contributed by atoms with E-state index < -0.39 is 58.9 Å². The number of likely N-dealkylation sites (tertiary alicyclic amines) is 1. The molecule has 1 N–H and O–H groups in total. The van der Waals surface area contributed by atoms with Crippen molar-refractivity contribution in [3.8, 4) is 0 Å². The van der Waals surface area contributed by atoms with E-state index in [9.17, 15) is 19.2 Å². The van der Waals surface area contributed by atoms with Crippen molar-refractivity contribution in [1.29, 1.82) is 0 Å². The summed E-state index contributed by atoms with van der Waals surface area (Å²) in [6.07, 6.45) is -0.329. The second kappa shape index (κ2) is 11.7. The normalized spacial score (nSPS) is 18.3. The lowest BCUT2D eigenvalue weighted by Crippen LogP contribution is -2.48. The molecule has 1 fully saturated rings. The van der Waals surface area contributed by atoms with Crippen molar-refractivity contribution in [3.63, 3.8) is 0 Å². The number of aromatic nitrogens is 1. The number of ether oxygens (including phenoxy) is 4. The number of esters is 3. The molecule has 1 aromatic carbocycles. The number of benzene rings is 1. The first-order chi connectivity index (χ1) is 18.8. The standard InChI is InChI=1S/C31H44N2O8/c1-18(34)38-21-16-13-17-33(28(37)41-31(8,9)10)25(21)22-19-14-11-12-15-20(19)32-24(22)23(26(35)39-29(2,3)4)27(36)40-30(5,6)7/h11-12,14-15,21,23,25,32H,13,16-17H2,1-10H3/t21-,25-/m1/s1. The molecule has 1 amide bonds. The number of para-hydroxylation sites is 1. The zero-order chi connectivity index (χ0) is 30.9. The summed E-state index contributed by atoms with van der Waals surface area (Å²) >= 11 is 0. The van der Waals surface area contributed by atoms with Gasteiger partial charge in [-0.3, -0.25) is 19.3 Å². The molecule has 41 heavy (non-hydrogen) atoms. The minimum Gasteiger partial charge on any atom is -0.460 e. The number of nitrogens with zero attached hydrogens (tertiary/aromatic N) is 1. The number of rotatable bonds is 5. The molecule has 1 saturated heterocycles. The Kier molecular flexibility index (Phi) is 9.15. The molecule has 0 saturated carbocycles. The van der Waals surface area contributed by atoms with E-state index in [2.05, 4.69) is 4.98 Å². The maximum absolute atomic E-state index is 13.7. The number of nitrogens with one attached hydrogen (secondary N) is 1. The molecule has 0 aliphatic carbocycles. The van der Waals surface area contributed by atoms with Crippen LogP contribution in [-0.2, 0) is 33.3 Å². The highest BCUT2D eigenvalue weighted by Crippen LogP contribution is 2.43. The van der Waals surface area contributed by atoms with Crippen LogP contribution in [0.4, 0.5) is 4.79 Å². The Morgan fingerprint density at radius 1 is 0.854 bits per heavy atom. The number of aromatic amines is 1. The maximum atomic E-state index is 13.7. The van der Waals surface area contributed by atoms with Gasteiger partial charge in [0, 0.05) is 35.6 Å². The van der Waals surface area contributed by atoms with Crippen molar-refractivity contribution in [2.75, 3.05) is 6.54 Å². The van der Waals surface area contributed by atoms with Crippen LogP contribution in [0.15, 0.2) is 24.3 Å². The van der Waals surface area contributed by atoms with Gasteiger partial charge in [-0.25, -0.2) is 4.79 Å². The predicted octanol–water partition coefficient (Wildman–Crippen LogP) is 5.94. The molecule has 10 nitrogen and oxygen atoms in total. The minimum absolute atomic E-state index is 0.215. The van der Waals surface area contributed by atoms with Crippen LogP contribution in [0.3, 0.4) is 0 Å². The predicted molar refractivity (Wildman–Crippen MR) is 153 cm³/mol. The Morgan fingerprint density at radius 2 is 1.39 bits per heavy atom. The average Bonchev–Trinajstić information content (AvgIpc) is 3.13. The number of hydrogen-bond donors (Lipinski definition) is 1. The van der Waals surface area contributed by atoms with E-state index >= 15 is 0 Å². The Hall–Kier alpha value is -3.56. The summed E-state index contributed by atoms with van der Waals surface area (Å²) in [5.41, 5.74) is -1.25. The molecule has 0 bridgehead atoms. The van der Waals surface area contributed by atoms with E-state index in [1.165, 1.54) is 11.8 Å². The Morgan fingerprint density at radius 3 is 1.90 bits per heavy atom. The molecular weight excluding hydrogens is 528 g/mol. The molecule has 3 rings (SSSR count). The van der Waals surface area contributed by atoms with E-state index in [1.807, 2.05) is 24.3 Å². The van der Waals surface area contributed by atoms with Crippen LogP contribution in [0.5, 0.6) is 0 Å². The van der Waals surface area contributed by atoms with Crippen molar-refractivity contribution in [3.05, 3.63) is 35.5 Å². The highest BCUT2D eigenvalue weighted by molar-refractivity contribution is 6.03. The number of amides is 1. The number of piperidine rings is 1. The first kappa shape index (κ1) is 32.0. The quantitative estimate of drug-likeness (QED) is 0.265. The van der Waals surface area contributed by atoms with E-state index in [0.717, 1.165) is 0 Å². The SMILES string of the molecule is CC(=O)O[C@@H]1CCCN(C(=O)OC(C)(C)C)[C@H]1c1c(C(C(=O)OC(C)(C)C)C(=O)OC(C)(C)C)[nH]c2ccccc12. The molecule has 0 radical (unpaired) electrons. The van der Waals surface area contributed by atoms with E-state index in [1.54, 1.807) is 62.3 Å². The summed E-state index contributed by atoms with van der Waals surface area (Å²) in [5.74, 6) is -3.62. The summed E-state index contributed by atoms with van der Waals surface area (Å²) in [5, 5.41) is 0.664. The Bertz CT molecular complexity index is 1260. The van der Waals surface area contributed by atoms with Crippen molar-refractivity contribution in [2.45, 2.75) is 117 Å². The highest BCUT2D eigenvalue weighted by atomic mass is 16.6. The third-order valence-corrected chi connectivity index (χ3v) is 6.17. The van der Waals surface area contributed by atoms with Gasteiger partial charge in [0.1, 0.15) is 22.9 Å². The monoisotopic (exact) mass is 572 g/mol. The topological polar surface area (TPSA) is 124 Å². The number of H-pyrrole nitrogens is 1. The second-order valence-electron chi connectivity index (χ2n) is 13.4. The Balaban J connectivity index is 2.32. The van der Waals surface area contributed by atoms with Crippen LogP contribution in [0, 0.1) is 0 Å². The molecule has 2 heterocycles. The zero-order valence-electron chi connectivity index (χ0n) is 25.9. The van der Waals surface area contributed by atoms with Crippen LogP contribution in [0.1, 0.15) is 105 Å². The van der Waals surface area contributed by atoms with E-state index in [0.29, 0.717) is 35.9 Å². The lowest BCUT2D eigenvalue weighted by molar-refractivity contribution is -0.170. The fraction of sp³-hybridized carbons (Fsp3) is 0.613. The van der Waals surface area contributed by atoms with Gasteiger partial charge in [-0.05, 0) is 81.2 Å². The van der Waals surface area contributed by atoms with Crippen LogP contribution in [-0.4, -0.2) is 63.3 Å². The lowest BCUT2D eigenvalue weighted by atomic mass is 9.87. The zero-order valence-corrected chi connectivity index (χ0v) is 25.9. The number of carbonyl (C=O) groups is 4. The molecule has 1 aromatic heterocycles. The molecule has 1 aliphatic rings. The molecule has 2 aromatic rings. The Labute approximate surface area is 242 Å². The van der Waals surface area contributed by atoms with Crippen molar-refractivity contribution in [1.82, 2.24) is 9.88 Å². The van der Waals surface area contributed by atoms with E-state index in [4.69, 9.17) is 18.9 Å². The third kappa shape index (κ3) is 8.24. The fourth-order valence-corrected chi connectivity index (χ4v) is 4.95. The van der Waals surface area contributed by atoms with Crippen LogP contribution in [0.2, 0.25) is 0 Å². The van der Waals surface area contributed by atoms with Crippen LogP contribution < -0.4 is 0 Å². The van der Waals surface area contributed by atoms with Gasteiger partial charge in [-0.1, -0.05) is 18.2 Å². The summed E-state index contributed by atoms with van der Waals surface area (Å²) in [4.78, 5) is 58.0. The summed E-state index contributed by atoms with van der Waals surface area (Å²) in [6, 6.07) is 6.42. The average molecular weight is 573 g/mol. The van der Waals surface area contributed by atoms with Gasteiger partial charge in [0.2, 0.25) is 0 Å². The fourth-order valence-electron chi connectivity index (χ4n) is 4.95. The number of hydrogen-bond acceptors (Lipinski definition) is 8. The largest absolute Gasteiger partial charge is 0.460 e. The van der Waals surface area contributed by atoms with Crippen molar-refractivity contribution >= 4 is 34.9 Å². The number of fused-ring (bicyclic) bond motifs is 1. The van der Waals surface area contributed by atoms with Gasteiger partial charge in [0.15, 0.2) is 5.92 Å². The second-order valence-corrected chi connectivity index (χ2v) is 13.4. The summed E-state index contributed by atoms with van der Waals surface area (Å²) in [6.45, 7) is 17.2. The summed E-state index contributed by atoms with van der Waals surface area (Å²) in [7, 11) is 0. The van der Waals surface area contributed by atoms with Gasteiger partial charge in [-0.2, -0.15) is 0 Å². The van der Waals surface area contributed by atoms with Crippen LogP contribution in [0.25, 0.3) is 10.9 Å². The van der Waals surface area contributed by atoms with Gasteiger partial charge in [-0.15, -0.1) is 0 Å². The first-order valence-electron chi connectivity index (χ1n) is 14.0. The van der Waals surface area contributed by atoms with Gasteiger partial charge >= 0.3 is 24.0 Å². The summed E-state index contributed by atoms with van der Waals surface area (Å²) < 4.78 is 22.9. The molecule has 10 heteroatoms. The molecule has 226 valence electrons. The maximum Gasteiger partial charge on any atom is 0.410 e.